The van der Waals surface area contributed by atoms with Gasteiger partial charge in [0.15, 0.2) is 0 Å². The van der Waals surface area contributed by atoms with Crippen molar-refractivity contribution >= 4 is 35.0 Å². The molecule has 5 nitrogen and oxygen atoms in total. The van der Waals surface area contributed by atoms with Crippen LogP contribution in [0.25, 0.3) is 11.5 Å². The van der Waals surface area contributed by atoms with Gasteiger partial charge in [-0.25, -0.2) is 4.98 Å². The van der Waals surface area contributed by atoms with Gasteiger partial charge in [-0.2, -0.15) is 16.7 Å². The molecule has 0 radical (unpaired) electrons. The second kappa shape index (κ2) is 6.56. The number of thioether (sulfide) groups is 1. The molecule has 0 saturated heterocycles. The van der Waals surface area contributed by atoms with Crippen molar-refractivity contribution in [3.05, 3.63) is 28.2 Å². The molecular weight excluding hydrogens is 307 g/mol. The molecule has 8 heteroatoms. The Morgan fingerprint density at radius 1 is 1.47 bits per heavy atom. The van der Waals surface area contributed by atoms with Gasteiger partial charge >= 0.3 is 0 Å². The molecule has 0 spiro atoms. The smallest absolute Gasteiger partial charge is 0.243 e. The van der Waals surface area contributed by atoms with Gasteiger partial charge in [0.2, 0.25) is 11.7 Å². The summed E-state index contributed by atoms with van der Waals surface area (Å²) in [6.07, 6.45) is 4.26. The Labute approximate surface area is 124 Å². The number of nitrogens with zero attached hydrogens (tertiary/aromatic N) is 3. The predicted octanol–water partition coefficient (Wildman–Crippen LogP) is 3.19. The molecule has 2 rings (SSSR count). The monoisotopic (exact) mass is 318 g/mol. The number of aromatic nitrogens is 3. The van der Waals surface area contributed by atoms with Crippen molar-refractivity contribution in [3.63, 3.8) is 0 Å². The van der Waals surface area contributed by atoms with Gasteiger partial charge in [0.25, 0.3) is 0 Å². The second-order valence-electron chi connectivity index (χ2n) is 3.83. The van der Waals surface area contributed by atoms with E-state index in [1.54, 1.807) is 17.8 Å². The van der Waals surface area contributed by atoms with Crippen molar-refractivity contribution in [2.24, 2.45) is 5.73 Å². The maximum atomic E-state index is 6.03. The summed E-state index contributed by atoms with van der Waals surface area (Å²) in [4.78, 5) is 8.31. The summed E-state index contributed by atoms with van der Waals surface area (Å²) >= 11 is 13.5. The highest BCUT2D eigenvalue weighted by Crippen LogP contribution is 2.26. The quantitative estimate of drug-likeness (QED) is 0.912. The Morgan fingerprint density at radius 3 is 2.95 bits per heavy atom. The first kappa shape index (κ1) is 14.6. The van der Waals surface area contributed by atoms with E-state index in [1.807, 2.05) is 6.26 Å². The maximum absolute atomic E-state index is 6.03. The normalized spacial score (nSPS) is 12.6. The van der Waals surface area contributed by atoms with E-state index in [2.05, 4.69) is 15.1 Å². The molecule has 2 heterocycles. The zero-order chi connectivity index (χ0) is 13.8. The zero-order valence-corrected chi connectivity index (χ0v) is 12.5. The van der Waals surface area contributed by atoms with Crippen LogP contribution in [0.4, 0.5) is 0 Å². The lowest BCUT2D eigenvalue weighted by atomic mass is 10.2. The minimum absolute atomic E-state index is 0.278. The Kier molecular flexibility index (Phi) is 5.04. The number of hydrogen-bond donors (Lipinski definition) is 1. The fourth-order valence-electron chi connectivity index (χ4n) is 1.43. The van der Waals surface area contributed by atoms with Gasteiger partial charge in [0.05, 0.1) is 16.1 Å². The van der Waals surface area contributed by atoms with Gasteiger partial charge in [-0.1, -0.05) is 28.4 Å². The lowest BCUT2D eigenvalue weighted by Crippen LogP contribution is -2.11. The van der Waals surface area contributed by atoms with Gasteiger partial charge in [-0.3, -0.25) is 0 Å². The Hall–Kier alpha value is -0.820. The summed E-state index contributed by atoms with van der Waals surface area (Å²) < 4.78 is 5.14. The van der Waals surface area contributed by atoms with Crippen molar-refractivity contribution in [1.82, 2.24) is 15.1 Å². The van der Waals surface area contributed by atoms with Gasteiger partial charge in [0, 0.05) is 6.20 Å². The molecule has 0 aliphatic carbocycles. The zero-order valence-electron chi connectivity index (χ0n) is 10.1. The van der Waals surface area contributed by atoms with Crippen LogP contribution in [0.1, 0.15) is 18.4 Å². The summed E-state index contributed by atoms with van der Waals surface area (Å²) in [6, 6.07) is 1.30. The Balaban J connectivity index is 2.20. The lowest BCUT2D eigenvalue weighted by molar-refractivity contribution is 0.353. The Morgan fingerprint density at radius 2 is 2.26 bits per heavy atom. The second-order valence-corrected chi connectivity index (χ2v) is 5.66. The van der Waals surface area contributed by atoms with E-state index in [-0.39, 0.29) is 6.04 Å². The predicted molar refractivity (Wildman–Crippen MR) is 77.5 cm³/mol. The standard InChI is InChI=1S/C11H12Cl2N4OS/c1-19-3-2-8(14)11-16-10(17-18-11)9-7(13)4-6(12)5-15-9/h4-5,8H,2-3,14H2,1H3. The highest BCUT2D eigenvalue weighted by Gasteiger charge is 2.17. The SMILES string of the molecule is CSCCC(N)c1nc(-c2ncc(Cl)cc2Cl)no1. The third-order valence-electron chi connectivity index (χ3n) is 2.41. The molecule has 0 bridgehead atoms. The first-order chi connectivity index (χ1) is 9.11. The van der Waals surface area contributed by atoms with Crippen LogP contribution in [-0.4, -0.2) is 27.1 Å². The first-order valence-electron chi connectivity index (χ1n) is 5.51. The molecular formula is C11H12Cl2N4OS. The molecule has 102 valence electrons. The summed E-state index contributed by atoms with van der Waals surface area (Å²) in [5.41, 5.74) is 6.38. The van der Waals surface area contributed by atoms with E-state index in [4.69, 9.17) is 33.5 Å². The van der Waals surface area contributed by atoms with E-state index in [1.165, 1.54) is 6.20 Å². The highest BCUT2D eigenvalue weighted by atomic mass is 35.5. The van der Waals surface area contributed by atoms with E-state index in [0.29, 0.717) is 27.5 Å². The third kappa shape index (κ3) is 3.60. The lowest BCUT2D eigenvalue weighted by Gasteiger charge is -2.03. The van der Waals surface area contributed by atoms with Gasteiger partial charge in [0.1, 0.15) is 5.69 Å². The van der Waals surface area contributed by atoms with Crippen LogP contribution in [0.5, 0.6) is 0 Å². The Bertz CT molecular complexity index is 563. The minimum Gasteiger partial charge on any atom is -0.337 e. The number of hydrogen-bond acceptors (Lipinski definition) is 6. The molecule has 19 heavy (non-hydrogen) atoms. The fourth-order valence-corrected chi connectivity index (χ4v) is 2.38. The average Bonchev–Trinajstić information content (AvgIpc) is 2.85. The van der Waals surface area contributed by atoms with Gasteiger partial charge in [-0.05, 0) is 24.5 Å². The number of rotatable bonds is 5. The summed E-state index contributed by atoms with van der Waals surface area (Å²) in [5, 5.41) is 4.67. The van der Waals surface area contributed by atoms with Crippen LogP contribution in [-0.2, 0) is 0 Å². The average molecular weight is 319 g/mol. The molecule has 1 atom stereocenters. The molecule has 2 aromatic rings. The fraction of sp³-hybridized carbons (Fsp3) is 0.364. The number of halogens is 2. The molecule has 2 aromatic heterocycles. The van der Waals surface area contributed by atoms with Gasteiger partial charge < -0.3 is 10.3 Å². The molecule has 0 aliphatic rings. The number of pyridine rings is 1. The third-order valence-corrected chi connectivity index (χ3v) is 3.55. The van der Waals surface area contributed by atoms with E-state index in [9.17, 15) is 0 Å². The highest BCUT2D eigenvalue weighted by molar-refractivity contribution is 7.98. The maximum Gasteiger partial charge on any atom is 0.243 e. The van der Waals surface area contributed by atoms with Gasteiger partial charge in [-0.15, -0.1) is 0 Å². The molecule has 0 aliphatic heterocycles. The summed E-state index contributed by atoms with van der Waals surface area (Å²) in [6.45, 7) is 0. The molecule has 1 unspecified atom stereocenters. The van der Waals surface area contributed by atoms with Crippen LogP contribution in [0.3, 0.4) is 0 Å². The van der Waals surface area contributed by atoms with Crippen molar-refractivity contribution in [1.29, 1.82) is 0 Å². The largest absolute Gasteiger partial charge is 0.337 e. The van der Waals surface area contributed by atoms with Crippen LogP contribution < -0.4 is 5.73 Å². The molecule has 0 amide bonds. The first-order valence-corrected chi connectivity index (χ1v) is 7.66. The topological polar surface area (TPSA) is 77.8 Å². The van der Waals surface area contributed by atoms with E-state index in [0.717, 1.165) is 12.2 Å². The minimum atomic E-state index is -0.278. The molecule has 2 N–H and O–H groups in total. The van der Waals surface area contributed by atoms with Crippen LogP contribution >= 0.6 is 35.0 Å². The summed E-state index contributed by atoms with van der Waals surface area (Å²) in [5.74, 6) is 1.63. The number of nitrogens with two attached hydrogens (primary N) is 1. The van der Waals surface area contributed by atoms with Crippen LogP contribution in [0.15, 0.2) is 16.8 Å². The van der Waals surface area contributed by atoms with Crippen LogP contribution in [0, 0.1) is 0 Å². The van der Waals surface area contributed by atoms with E-state index < -0.39 is 0 Å². The van der Waals surface area contributed by atoms with Crippen molar-refractivity contribution in [2.75, 3.05) is 12.0 Å². The molecule has 0 fully saturated rings. The van der Waals surface area contributed by atoms with Crippen molar-refractivity contribution < 1.29 is 4.52 Å². The van der Waals surface area contributed by atoms with Crippen molar-refractivity contribution in [2.45, 2.75) is 12.5 Å². The summed E-state index contributed by atoms with van der Waals surface area (Å²) in [7, 11) is 0. The van der Waals surface area contributed by atoms with Crippen LogP contribution in [0.2, 0.25) is 10.0 Å². The molecule has 0 aromatic carbocycles. The molecule has 0 saturated carbocycles. The van der Waals surface area contributed by atoms with E-state index >= 15 is 0 Å². The van der Waals surface area contributed by atoms with Crippen molar-refractivity contribution in [3.8, 4) is 11.5 Å².